The van der Waals surface area contributed by atoms with Gasteiger partial charge in [-0.25, -0.2) is 9.18 Å². The largest absolute Gasteiger partial charge is 0.325 e. The number of nitrogens with one attached hydrogen (secondary N) is 2. The predicted molar refractivity (Wildman–Crippen MR) is 91.7 cm³/mol. The second-order valence-corrected chi connectivity index (χ2v) is 6.44. The topological polar surface area (TPSA) is 78.5 Å². The molecule has 0 aromatic heterocycles. The van der Waals surface area contributed by atoms with E-state index in [9.17, 15) is 18.8 Å². The Bertz CT molecular complexity index is 913. The summed E-state index contributed by atoms with van der Waals surface area (Å²) < 4.78 is 12.9. The van der Waals surface area contributed by atoms with Crippen molar-refractivity contribution in [3.05, 3.63) is 65.5 Å². The second-order valence-electron chi connectivity index (χ2n) is 6.44. The van der Waals surface area contributed by atoms with Crippen molar-refractivity contribution in [3.63, 3.8) is 0 Å². The highest BCUT2D eigenvalue weighted by molar-refractivity contribution is 6.10. The fourth-order valence-electron chi connectivity index (χ4n) is 3.61. The summed E-state index contributed by atoms with van der Waals surface area (Å²) in [5.41, 5.74) is 1.13. The van der Waals surface area contributed by atoms with Crippen LogP contribution < -0.4 is 10.6 Å². The van der Waals surface area contributed by atoms with Crippen LogP contribution in [0.2, 0.25) is 0 Å². The summed E-state index contributed by atoms with van der Waals surface area (Å²) >= 11 is 0. The number of aryl methyl sites for hydroxylation is 1. The highest BCUT2D eigenvalue weighted by Crippen LogP contribution is 2.41. The van der Waals surface area contributed by atoms with Gasteiger partial charge in [0.25, 0.3) is 5.91 Å². The third-order valence-electron chi connectivity index (χ3n) is 4.85. The Morgan fingerprint density at radius 2 is 1.88 bits per heavy atom. The number of fused-ring (bicyclic) bond motifs is 2. The highest BCUT2D eigenvalue weighted by Gasteiger charge is 2.55. The van der Waals surface area contributed by atoms with Crippen molar-refractivity contribution >= 4 is 23.5 Å². The summed E-state index contributed by atoms with van der Waals surface area (Å²) in [7, 11) is 0. The molecule has 2 N–H and O–H groups in total. The minimum absolute atomic E-state index is 0.393. The van der Waals surface area contributed by atoms with E-state index < -0.39 is 35.7 Å². The lowest BCUT2D eigenvalue weighted by Gasteiger charge is -2.22. The molecule has 1 atom stereocenters. The first-order valence-electron chi connectivity index (χ1n) is 8.27. The molecule has 6 nitrogen and oxygen atoms in total. The Balaban J connectivity index is 1.52. The number of anilines is 1. The average molecular weight is 353 g/mol. The van der Waals surface area contributed by atoms with E-state index in [0.717, 1.165) is 16.0 Å². The summed E-state index contributed by atoms with van der Waals surface area (Å²) in [5, 5.41) is 5.33. The molecule has 2 aromatic rings. The van der Waals surface area contributed by atoms with E-state index >= 15 is 0 Å². The van der Waals surface area contributed by atoms with Crippen molar-refractivity contribution in [1.29, 1.82) is 0 Å². The molecule has 1 saturated heterocycles. The van der Waals surface area contributed by atoms with Gasteiger partial charge in [-0.05, 0) is 48.2 Å². The number of amides is 4. The van der Waals surface area contributed by atoms with Gasteiger partial charge in [0.1, 0.15) is 17.9 Å². The zero-order valence-electron chi connectivity index (χ0n) is 13.8. The van der Waals surface area contributed by atoms with Crippen molar-refractivity contribution < 1.29 is 18.8 Å². The predicted octanol–water partition coefficient (Wildman–Crippen LogP) is 2.16. The van der Waals surface area contributed by atoms with Crippen molar-refractivity contribution in [2.75, 3.05) is 11.9 Å². The summed E-state index contributed by atoms with van der Waals surface area (Å²) in [6.45, 7) is -0.397. The van der Waals surface area contributed by atoms with E-state index in [2.05, 4.69) is 10.6 Å². The maximum absolute atomic E-state index is 12.9. The van der Waals surface area contributed by atoms with Crippen LogP contribution in [0.15, 0.2) is 48.5 Å². The molecule has 132 valence electrons. The lowest BCUT2D eigenvalue weighted by molar-refractivity contribution is -0.134. The smallest absolute Gasteiger partial charge is 0.325 e. The lowest BCUT2D eigenvalue weighted by Crippen LogP contribution is -2.42. The van der Waals surface area contributed by atoms with Gasteiger partial charge in [0.15, 0.2) is 0 Å². The molecular formula is C19H16FN3O3. The molecule has 0 radical (unpaired) electrons. The Labute approximate surface area is 149 Å². The molecule has 1 aliphatic heterocycles. The third kappa shape index (κ3) is 2.52. The zero-order valence-corrected chi connectivity index (χ0v) is 13.8. The van der Waals surface area contributed by atoms with Gasteiger partial charge in [0.05, 0.1) is 0 Å². The van der Waals surface area contributed by atoms with Crippen LogP contribution in [0.3, 0.4) is 0 Å². The Morgan fingerprint density at radius 3 is 2.65 bits per heavy atom. The first-order chi connectivity index (χ1) is 12.5. The van der Waals surface area contributed by atoms with Gasteiger partial charge >= 0.3 is 6.03 Å². The number of imide groups is 1. The Hall–Kier alpha value is -3.22. The summed E-state index contributed by atoms with van der Waals surface area (Å²) in [4.78, 5) is 38.4. The van der Waals surface area contributed by atoms with E-state index in [-0.39, 0.29) is 0 Å². The number of halogens is 1. The number of hydrogen-bond donors (Lipinski definition) is 2. The standard InChI is InChI=1S/C19H16FN3O3/c20-13-5-7-14(8-6-13)21-16(24)11-23-17(25)19(22-18(23)26)10-9-12-3-1-2-4-15(12)19/h1-8H,9-11H2,(H,21,24)(H,22,26)/t19-/m0/s1. The van der Waals surface area contributed by atoms with Crippen LogP contribution in [-0.2, 0) is 21.5 Å². The minimum atomic E-state index is -1.08. The van der Waals surface area contributed by atoms with Crippen molar-refractivity contribution in [2.24, 2.45) is 0 Å². The quantitative estimate of drug-likeness (QED) is 0.830. The van der Waals surface area contributed by atoms with Gasteiger partial charge in [-0.1, -0.05) is 24.3 Å². The normalized spacial score (nSPS) is 21.0. The molecule has 4 amide bonds. The van der Waals surface area contributed by atoms with E-state index in [1.54, 1.807) is 0 Å². The molecule has 26 heavy (non-hydrogen) atoms. The van der Waals surface area contributed by atoms with E-state index in [1.807, 2.05) is 24.3 Å². The van der Waals surface area contributed by atoms with Crippen LogP contribution in [0.5, 0.6) is 0 Å². The van der Waals surface area contributed by atoms with Crippen molar-refractivity contribution in [1.82, 2.24) is 10.2 Å². The third-order valence-corrected chi connectivity index (χ3v) is 4.85. The van der Waals surface area contributed by atoms with Crippen LogP contribution in [-0.4, -0.2) is 29.3 Å². The van der Waals surface area contributed by atoms with Crippen molar-refractivity contribution in [2.45, 2.75) is 18.4 Å². The molecule has 1 aliphatic carbocycles. The molecule has 0 unspecified atom stereocenters. The van der Waals surface area contributed by atoms with Gasteiger partial charge in [0, 0.05) is 5.69 Å². The number of carbonyl (C=O) groups excluding carboxylic acids is 3. The Morgan fingerprint density at radius 1 is 1.15 bits per heavy atom. The zero-order chi connectivity index (χ0) is 18.3. The second kappa shape index (κ2) is 5.94. The highest BCUT2D eigenvalue weighted by atomic mass is 19.1. The summed E-state index contributed by atoms with van der Waals surface area (Å²) in [5.74, 6) is -1.36. The number of benzene rings is 2. The van der Waals surface area contributed by atoms with E-state index in [4.69, 9.17) is 0 Å². The molecule has 2 aromatic carbocycles. The number of carbonyl (C=O) groups is 3. The lowest BCUT2D eigenvalue weighted by atomic mass is 9.92. The number of urea groups is 1. The first kappa shape index (κ1) is 16.3. The fourth-order valence-corrected chi connectivity index (χ4v) is 3.61. The average Bonchev–Trinajstić information content (AvgIpc) is 3.11. The molecule has 2 aliphatic rings. The van der Waals surface area contributed by atoms with Crippen molar-refractivity contribution in [3.8, 4) is 0 Å². The van der Waals surface area contributed by atoms with Crippen LogP contribution in [0, 0.1) is 5.82 Å². The molecule has 1 heterocycles. The SMILES string of the molecule is O=C(CN1C(=O)N[C@]2(CCc3ccccc32)C1=O)Nc1ccc(F)cc1. The van der Waals surface area contributed by atoms with E-state index in [1.165, 1.54) is 24.3 Å². The number of rotatable bonds is 3. The summed E-state index contributed by atoms with van der Waals surface area (Å²) in [6.07, 6.45) is 1.17. The van der Waals surface area contributed by atoms with Gasteiger partial charge in [-0.3, -0.25) is 14.5 Å². The molecule has 1 fully saturated rings. The molecular weight excluding hydrogens is 337 g/mol. The van der Waals surface area contributed by atoms with Gasteiger partial charge in [-0.15, -0.1) is 0 Å². The first-order valence-corrected chi connectivity index (χ1v) is 8.27. The maximum Gasteiger partial charge on any atom is 0.325 e. The van der Waals surface area contributed by atoms with Crippen LogP contribution in [0.25, 0.3) is 0 Å². The van der Waals surface area contributed by atoms with Gasteiger partial charge in [-0.2, -0.15) is 0 Å². The molecule has 4 rings (SSSR count). The monoisotopic (exact) mass is 353 g/mol. The Kier molecular flexibility index (Phi) is 3.72. The van der Waals surface area contributed by atoms with Crippen LogP contribution >= 0.6 is 0 Å². The van der Waals surface area contributed by atoms with Crippen LogP contribution in [0.4, 0.5) is 14.9 Å². The molecule has 7 heteroatoms. The van der Waals surface area contributed by atoms with Crippen LogP contribution in [0.1, 0.15) is 17.5 Å². The molecule has 1 spiro atoms. The fraction of sp³-hybridized carbons (Fsp3) is 0.211. The van der Waals surface area contributed by atoms with Gasteiger partial charge in [0.2, 0.25) is 5.91 Å². The summed E-state index contributed by atoms with van der Waals surface area (Å²) in [6, 6.07) is 12.2. The molecule has 0 bridgehead atoms. The number of nitrogens with zero attached hydrogens (tertiary/aromatic N) is 1. The number of hydrogen-bond acceptors (Lipinski definition) is 3. The van der Waals surface area contributed by atoms with Gasteiger partial charge < -0.3 is 10.6 Å². The maximum atomic E-state index is 12.9. The minimum Gasteiger partial charge on any atom is -0.325 e. The van der Waals surface area contributed by atoms with E-state index in [0.29, 0.717) is 18.5 Å². The molecule has 0 saturated carbocycles.